The van der Waals surface area contributed by atoms with E-state index in [-0.39, 0.29) is 18.2 Å². The number of sulfone groups is 1. The van der Waals surface area contributed by atoms with Gasteiger partial charge in [-0.05, 0) is 50.9 Å². The Bertz CT molecular complexity index is 651. The van der Waals surface area contributed by atoms with Crippen LogP contribution in [0, 0.1) is 13.8 Å². The van der Waals surface area contributed by atoms with Crippen molar-refractivity contribution in [2.24, 2.45) is 0 Å². The molecule has 1 amide bonds. The fourth-order valence-electron chi connectivity index (χ4n) is 2.25. The average Bonchev–Trinajstić information content (AvgIpc) is 3.23. The van der Waals surface area contributed by atoms with Crippen molar-refractivity contribution in [3.05, 3.63) is 29.3 Å². The molecule has 0 heterocycles. The molecule has 1 aliphatic rings. The molecule has 0 radical (unpaired) electrons. The minimum Gasteiger partial charge on any atom is -0.352 e. The molecule has 0 spiro atoms. The molecule has 1 aliphatic carbocycles. The van der Waals surface area contributed by atoms with Crippen LogP contribution in [-0.2, 0) is 14.6 Å². The smallest absolute Gasteiger partial charge is 0.234 e. The molecule has 2 rings (SSSR count). The van der Waals surface area contributed by atoms with Crippen LogP contribution in [-0.4, -0.2) is 51.2 Å². The third kappa shape index (κ3) is 4.81. The van der Waals surface area contributed by atoms with Crippen LogP contribution < -0.4 is 5.32 Å². The van der Waals surface area contributed by atoms with E-state index in [1.807, 2.05) is 19.1 Å². The highest BCUT2D eigenvalue weighted by molar-refractivity contribution is 7.91. The SMILES string of the molecule is Cc1ccc(C)c(S(=O)(=O)CCN(C)CC(=O)NC2CC2)c1. The number of carbonyl (C=O) groups excluding carboxylic acids is 1. The topological polar surface area (TPSA) is 66.5 Å². The van der Waals surface area contributed by atoms with Gasteiger partial charge in [-0.2, -0.15) is 0 Å². The van der Waals surface area contributed by atoms with Crippen molar-refractivity contribution in [1.29, 1.82) is 0 Å². The molecule has 0 aliphatic heterocycles. The number of hydrogen-bond donors (Lipinski definition) is 1. The summed E-state index contributed by atoms with van der Waals surface area (Å²) in [5.41, 5.74) is 1.70. The van der Waals surface area contributed by atoms with Gasteiger partial charge in [-0.15, -0.1) is 0 Å². The monoisotopic (exact) mass is 324 g/mol. The van der Waals surface area contributed by atoms with Crippen molar-refractivity contribution in [1.82, 2.24) is 10.2 Å². The van der Waals surface area contributed by atoms with Gasteiger partial charge in [-0.3, -0.25) is 9.69 Å². The predicted octanol–water partition coefficient (Wildman–Crippen LogP) is 1.29. The van der Waals surface area contributed by atoms with Crippen LogP contribution in [0.15, 0.2) is 23.1 Å². The maximum Gasteiger partial charge on any atom is 0.234 e. The Morgan fingerprint density at radius 3 is 2.64 bits per heavy atom. The van der Waals surface area contributed by atoms with E-state index in [1.54, 1.807) is 24.9 Å². The van der Waals surface area contributed by atoms with Gasteiger partial charge in [0.15, 0.2) is 9.84 Å². The van der Waals surface area contributed by atoms with Crippen molar-refractivity contribution in [2.75, 3.05) is 25.9 Å². The lowest BCUT2D eigenvalue weighted by atomic mass is 10.2. The molecule has 5 nitrogen and oxygen atoms in total. The largest absolute Gasteiger partial charge is 0.352 e. The minimum atomic E-state index is -3.33. The molecule has 1 saturated carbocycles. The summed E-state index contributed by atoms with van der Waals surface area (Å²) in [4.78, 5) is 13.8. The van der Waals surface area contributed by atoms with Gasteiger partial charge >= 0.3 is 0 Å². The molecule has 0 saturated heterocycles. The molecule has 22 heavy (non-hydrogen) atoms. The summed E-state index contributed by atoms with van der Waals surface area (Å²) in [7, 11) is -1.56. The van der Waals surface area contributed by atoms with E-state index in [9.17, 15) is 13.2 Å². The molecule has 1 N–H and O–H groups in total. The van der Waals surface area contributed by atoms with Crippen molar-refractivity contribution < 1.29 is 13.2 Å². The normalized spacial score (nSPS) is 15.1. The van der Waals surface area contributed by atoms with Crippen LogP contribution in [0.2, 0.25) is 0 Å². The van der Waals surface area contributed by atoms with Gasteiger partial charge in [0.05, 0.1) is 17.2 Å². The highest BCUT2D eigenvalue weighted by atomic mass is 32.2. The third-order valence-electron chi connectivity index (χ3n) is 3.78. The van der Waals surface area contributed by atoms with E-state index in [4.69, 9.17) is 0 Å². The second-order valence-electron chi connectivity index (χ2n) is 6.17. The van der Waals surface area contributed by atoms with Crippen LogP contribution in [0.4, 0.5) is 0 Å². The number of amides is 1. The Balaban J connectivity index is 1.91. The summed E-state index contributed by atoms with van der Waals surface area (Å²) in [6.45, 7) is 4.26. The first-order chi connectivity index (χ1) is 10.3. The second-order valence-corrected chi connectivity index (χ2v) is 8.24. The van der Waals surface area contributed by atoms with E-state index in [0.717, 1.165) is 24.0 Å². The Kier molecular flexibility index (Phi) is 5.24. The first-order valence-electron chi connectivity index (χ1n) is 7.56. The van der Waals surface area contributed by atoms with Gasteiger partial charge in [0, 0.05) is 12.6 Å². The molecule has 1 fully saturated rings. The minimum absolute atomic E-state index is 0.0184. The molecule has 0 atom stereocenters. The van der Waals surface area contributed by atoms with E-state index in [1.165, 1.54) is 0 Å². The van der Waals surface area contributed by atoms with Gasteiger partial charge in [0.1, 0.15) is 0 Å². The van der Waals surface area contributed by atoms with Gasteiger partial charge in [-0.1, -0.05) is 12.1 Å². The van der Waals surface area contributed by atoms with Gasteiger partial charge in [-0.25, -0.2) is 8.42 Å². The number of nitrogens with one attached hydrogen (secondary N) is 1. The van der Waals surface area contributed by atoms with Crippen LogP contribution in [0.5, 0.6) is 0 Å². The fraction of sp³-hybridized carbons (Fsp3) is 0.562. The van der Waals surface area contributed by atoms with Crippen molar-refractivity contribution in [2.45, 2.75) is 37.6 Å². The summed E-state index contributed by atoms with van der Waals surface area (Å²) in [5.74, 6) is -0.0149. The highest BCUT2D eigenvalue weighted by Crippen LogP contribution is 2.19. The predicted molar refractivity (Wildman–Crippen MR) is 86.6 cm³/mol. The van der Waals surface area contributed by atoms with Gasteiger partial charge in [0.25, 0.3) is 0 Å². The average molecular weight is 324 g/mol. The lowest BCUT2D eigenvalue weighted by molar-refractivity contribution is -0.122. The lowest BCUT2D eigenvalue weighted by Crippen LogP contribution is -2.38. The summed E-state index contributed by atoms with van der Waals surface area (Å²) in [6.07, 6.45) is 2.10. The van der Waals surface area contributed by atoms with Crippen LogP contribution in [0.1, 0.15) is 24.0 Å². The lowest BCUT2D eigenvalue weighted by Gasteiger charge is -2.17. The quantitative estimate of drug-likeness (QED) is 0.821. The molecule has 0 unspecified atom stereocenters. The van der Waals surface area contributed by atoms with Crippen LogP contribution >= 0.6 is 0 Å². The molecule has 1 aromatic carbocycles. The van der Waals surface area contributed by atoms with Crippen molar-refractivity contribution >= 4 is 15.7 Å². The van der Waals surface area contributed by atoms with E-state index in [0.29, 0.717) is 17.5 Å². The third-order valence-corrected chi connectivity index (χ3v) is 5.61. The summed E-state index contributed by atoms with van der Waals surface area (Å²) in [5, 5.41) is 2.90. The Labute approximate surface area is 132 Å². The van der Waals surface area contributed by atoms with E-state index < -0.39 is 9.84 Å². The number of hydrogen-bond acceptors (Lipinski definition) is 4. The van der Waals surface area contributed by atoms with E-state index >= 15 is 0 Å². The molecule has 122 valence electrons. The Hall–Kier alpha value is -1.40. The summed E-state index contributed by atoms with van der Waals surface area (Å²) < 4.78 is 24.9. The van der Waals surface area contributed by atoms with Crippen molar-refractivity contribution in [3.63, 3.8) is 0 Å². The maximum atomic E-state index is 12.5. The van der Waals surface area contributed by atoms with E-state index in [2.05, 4.69) is 5.32 Å². The Morgan fingerprint density at radius 2 is 2.00 bits per heavy atom. The number of likely N-dealkylation sites (N-methyl/N-ethyl adjacent to an activating group) is 1. The molecule has 0 bridgehead atoms. The number of benzene rings is 1. The first kappa shape index (κ1) is 17.0. The summed E-state index contributed by atoms with van der Waals surface area (Å²) in [6, 6.07) is 5.78. The number of nitrogens with zero attached hydrogens (tertiary/aromatic N) is 1. The fourth-order valence-corrected chi connectivity index (χ4v) is 3.95. The van der Waals surface area contributed by atoms with Crippen LogP contribution in [0.25, 0.3) is 0 Å². The summed E-state index contributed by atoms with van der Waals surface area (Å²) >= 11 is 0. The number of rotatable bonds is 7. The maximum absolute atomic E-state index is 12.5. The highest BCUT2D eigenvalue weighted by Gasteiger charge is 2.24. The molecule has 6 heteroatoms. The number of carbonyl (C=O) groups is 1. The molecule has 1 aromatic rings. The molecular weight excluding hydrogens is 300 g/mol. The van der Waals surface area contributed by atoms with Gasteiger partial charge in [0.2, 0.25) is 5.91 Å². The zero-order chi connectivity index (χ0) is 16.3. The number of aryl methyl sites for hydroxylation is 2. The van der Waals surface area contributed by atoms with Crippen molar-refractivity contribution in [3.8, 4) is 0 Å². The second kappa shape index (κ2) is 6.79. The van der Waals surface area contributed by atoms with Crippen LogP contribution in [0.3, 0.4) is 0 Å². The Morgan fingerprint density at radius 1 is 1.32 bits per heavy atom. The standard InChI is InChI=1S/C16H24N2O3S/c1-12-4-5-13(2)15(10-12)22(20,21)9-8-18(3)11-16(19)17-14-6-7-14/h4-5,10,14H,6-9,11H2,1-3H3,(H,17,19). The molecule has 0 aromatic heterocycles. The molecular formula is C16H24N2O3S. The first-order valence-corrected chi connectivity index (χ1v) is 9.21. The zero-order valence-corrected chi connectivity index (χ0v) is 14.2. The van der Waals surface area contributed by atoms with Gasteiger partial charge < -0.3 is 5.32 Å². The zero-order valence-electron chi connectivity index (χ0n) is 13.4.